The number of nitrogens with zero attached hydrogens (tertiary/aromatic N) is 2. The van der Waals surface area contributed by atoms with Crippen LogP contribution in [0.5, 0.6) is 0 Å². The maximum Gasteiger partial charge on any atom is 0.0987 e. The third-order valence-corrected chi connectivity index (χ3v) is 4.22. The van der Waals surface area contributed by atoms with Crippen LogP contribution in [0.4, 0.5) is 0 Å². The fourth-order valence-corrected chi connectivity index (χ4v) is 2.75. The minimum absolute atomic E-state index is 1.00. The first-order chi connectivity index (χ1) is 11.3. The lowest BCUT2D eigenvalue weighted by Gasteiger charge is -2.13. The second-order valence-electron chi connectivity index (χ2n) is 6.32. The number of unbranched alkanes of at least 4 members (excludes halogenated alkanes) is 5. The van der Waals surface area contributed by atoms with Crippen LogP contribution in [0.3, 0.4) is 0 Å². The molecule has 0 amide bonds. The van der Waals surface area contributed by atoms with Gasteiger partial charge in [-0.25, -0.2) is 0 Å². The summed E-state index contributed by atoms with van der Waals surface area (Å²) < 4.78 is 0. The van der Waals surface area contributed by atoms with Crippen molar-refractivity contribution in [3.05, 3.63) is 36.5 Å². The van der Waals surface area contributed by atoms with E-state index < -0.39 is 0 Å². The minimum atomic E-state index is 1.00. The average molecular weight is 317 g/mol. The van der Waals surface area contributed by atoms with Crippen molar-refractivity contribution >= 4 is 5.84 Å². The molecule has 0 fully saturated rings. The molecule has 1 aliphatic heterocycles. The van der Waals surface area contributed by atoms with E-state index in [0.29, 0.717) is 0 Å². The molecule has 1 aliphatic rings. The van der Waals surface area contributed by atoms with Crippen molar-refractivity contribution < 1.29 is 0 Å². The van der Waals surface area contributed by atoms with Crippen LogP contribution in [0.1, 0.15) is 71.1 Å². The first-order valence-electron chi connectivity index (χ1n) is 9.54. The van der Waals surface area contributed by atoms with Gasteiger partial charge in [0.05, 0.1) is 12.4 Å². The molecule has 0 aliphatic carbocycles. The van der Waals surface area contributed by atoms with Crippen molar-refractivity contribution in [2.24, 2.45) is 4.99 Å². The van der Waals surface area contributed by atoms with Gasteiger partial charge in [0.25, 0.3) is 0 Å². The van der Waals surface area contributed by atoms with Crippen LogP contribution in [0, 0.1) is 0 Å². The molecule has 0 unspecified atom stereocenters. The van der Waals surface area contributed by atoms with Crippen LogP contribution in [-0.2, 0) is 0 Å². The normalized spacial score (nSPS) is 15.6. The molecule has 1 heterocycles. The number of allylic oxidation sites excluding steroid dienone is 6. The molecule has 0 aromatic carbocycles. The number of likely N-dealkylation sites (N-methyl/N-ethyl adjacent to an activating group) is 1. The summed E-state index contributed by atoms with van der Waals surface area (Å²) in [5, 5.41) is 0. The van der Waals surface area contributed by atoms with Gasteiger partial charge in [0, 0.05) is 20.0 Å². The Balaban J connectivity index is 1.84. The quantitative estimate of drug-likeness (QED) is 0.304. The highest BCUT2D eigenvalue weighted by molar-refractivity contribution is 5.83. The summed E-state index contributed by atoms with van der Waals surface area (Å²) in [6, 6.07) is 0. The fourth-order valence-electron chi connectivity index (χ4n) is 2.75. The van der Waals surface area contributed by atoms with Crippen molar-refractivity contribution in [3.63, 3.8) is 0 Å². The number of aliphatic imine (C=N–C) groups is 1. The van der Waals surface area contributed by atoms with Crippen LogP contribution in [0.2, 0.25) is 0 Å². The van der Waals surface area contributed by atoms with Gasteiger partial charge in [0.2, 0.25) is 0 Å². The molecule has 0 N–H and O–H groups in total. The molecule has 0 saturated carbocycles. The highest BCUT2D eigenvalue weighted by Gasteiger charge is 2.10. The maximum absolute atomic E-state index is 4.54. The second kappa shape index (κ2) is 14.3. The van der Waals surface area contributed by atoms with Gasteiger partial charge in [-0.1, -0.05) is 62.6 Å². The monoisotopic (exact) mass is 316 g/mol. The summed E-state index contributed by atoms with van der Waals surface area (Å²) in [6.45, 7) is 4.29. The zero-order valence-electron chi connectivity index (χ0n) is 15.3. The van der Waals surface area contributed by atoms with Gasteiger partial charge in [0.15, 0.2) is 0 Å². The van der Waals surface area contributed by atoms with E-state index in [-0.39, 0.29) is 0 Å². The Bertz CT molecular complexity index is 391. The van der Waals surface area contributed by atoms with Gasteiger partial charge >= 0.3 is 0 Å². The van der Waals surface area contributed by atoms with E-state index in [1.54, 1.807) is 0 Å². The maximum atomic E-state index is 4.54. The van der Waals surface area contributed by atoms with Gasteiger partial charge in [-0.2, -0.15) is 0 Å². The van der Waals surface area contributed by atoms with Gasteiger partial charge < -0.3 is 4.90 Å². The molecule has 130 valence electrons. The van der Waals surface area contributed by atoms with Gasteiger partial charge in [-0.05, 0) is 38.5 Å². The molecular weight excluding hydrogens is 280 g/mol. The van der Waals surface area contributed by atoms with Crippen LogP contribution in [0.15, 0.2) is 41.4 Å². The molecule has 2 heteroatoms. The standard InChI is InChI=1S/C21H36N2/c1-3-4-5-6-7-8-9-10-11-12-13-14-15-16-17-18-21-22-19-20-23(21)2/h4-5,7-8,10-11H,3,6,9,12-20H2,1-2H3/b5-4+,8-7+,11-10+. The summed E-state index contributed by atoms with van der Waals surface area (Å²) in [5.41, 5.74) is 0. The summed E-state index contributed by atoms with van der Waals surface area (Å²) in [4.78, 5) is 6.85. The second-order valence-corrected chi connectivity index (χ2v) is 6.32. The average Bonchev–Trinajstić information content (AvgIpc) is 2.96. The third-order valence-electron chi connectivity index (χ3n) is 4.22. The topological polar surface area (TPSA) is 15.6 Å². The molecule has 2 nitrogen and oxygen atoms in total. The van der Waals surface area contributed by atoms with Crippen molar-refractivity contribution in [1.82, 2.24) is 4.90 Å². The van der Waals surface area contributed by atoms with Gasteiger partial charge in [-0.15, -0.1) is 0 Å². The van der Waals surface area contributed by atoms with Crippen LogP contribution >= 0.6 is 0 Å². The van der Waals surface area contributed by atoms with E-state index in [1.165, 1.54) is 50.8 Å². The van der Waals surface area contributed by atoms with Crippen molar-refractivity contribution in [2.75, 3.05) is 20.1 Å². The van der Waals surface area contributed by atoms with Gasteiger partial charge in [-0.3, -0.25) is 4.99 Å². The molecule has 0 saturated heterocycles. The van der Waals surface area contributed by atoms with E-state index in [4.69, 9.17) is 0 Å². The Kier molecular flexibility index (Phi) is 12.3. The molecule has 1 rings (SSSR count). The Morgan fingerprint density at radius 1 is 0.870 bits per heavy atom. The lowest BCUT2D eigenvalue weighted by atomic mass is 10.1. The van der Waals surface area contributed by atoms with E-state index in [0.717, 1.165) is 32.4 Å². The SMILES string of the molecule is CC/C=C/C/C=C/C/C=C/CCCCCCCC1=NCCN1C. The van der Waals surface area contributed by atoms with Crippen molar-refractivity contribution in [3.8, 4) is 0 Å². The number of amidine groups is 1. The molecule has 23 heavy (non-hydrogen) atoms. The van der Waals surface area contributed by atoms with Crippen LogP contribution < -0.4 is 0 Å². The first kappa shape index (κ1) is 19.7. The molecule has 0 bridgehead atoms. The molecule has 0 aromatic heterocycles. The molecule has 0 atom stereocenters. The van der Waals surface area contributed by atoms with Crippen molar-refractivity contribution in [1.29, 1.82) is 0 Å². The zero-order chi connectivity index (χ0) is 16.6. The summed E-state index contributed by atoms with van der Waals surface area (Å²) in [5.74, 6) is 1.33. The Labute approximate surface area is 144 Å². The highest BCUT2D eigenvalue weighted by atomic mass is 15.2. The number of hydrogen-bond acceptors (Lipinski definition) is 2. The van der Waals surface area contributed by atoms with E-state index >= 15 is 0 Å². The number of hydrogen-bond donors (Lipinski definition) is 0. The predicted octanol–water partition coefficient (Wildman–Crippen LogP) is 5.92. The van der Waals surface area contributed by atoms with Crippen LogP contribution in [-0.4, -0.2) is 30.9 Å². The number of rotatable bonds is 13. The zero-order valence-corrected chi connectivity index (χ0v) is 15.3. The largest absolute Gasteiger partial charge is 0.362 e. The Hall–Kier alpha value is -1.31. The molecule has 0 spiro atoms. The summed E-state index contributed by atoms with van der Waals surface area (Å²) in [6.07, 6.45) is 26.0. The third kappa shape index (κ3) is 11.0. The molecule has 0 aromatic rings. The fraction of sp³-hybridized carbons (Fsp3) is 0.667. The molecule has 0 radical (unpaired) electrons. The van der Waals surface area contributed by atoms with Crippen molar-refractivity contribution in [2.45, 2.75) is 71.1 Å². The minimum Gasteiger partial charge on any atom is -0.362 e. The smallest absolute Gasteiger partial charge is 0.0987 e. The van der Waals surface area contributed by atoms with E-state index in [1.807, 2.05) is 0 Å². The van der Waals surface area contributed by atoms with E-state index in [2.05, 4.69) is 60.3 Å². The first-order valence-corrected chi connectivity index (χ1v) is 9.54. The summed E-state index contributed by atoms with van der Waals surface area (Å²) >= 11 is 0. The Morgan fingerprint density at radius 3 is 2.22 bits per heavy atom. The predicted molar refractivity (Wildman–Crippen MR) is 104 cm³/mol. The van der Waals surface area contributed by atoms with Crippen LogP contribution in [0.25, 0.3) is 0 Å². The lowest BCUT2D eigenvalue weighted by Crippen LogP contribution is -2.22. The lowest BCUT2D eigenvalue weighted by molar-refractivity contribution is 0.535. The highest BCUT2D eigenvalue weighted by Crippen LogP contribution is 2.11. The summed E-state index contributed by atoms with van der Waals surface area (Å²) in [7, 11) is 2.16. The van der Waals surface area contributed by atoms with E-state index in [9.17, 15) is 0 Å². The Morgan fingerprint density at radius 2 is 1.52 bits per heavy atom. The molecular formula is C21H36N2. The van der Waals surface area contributed by atoms with Gasteiger partial charge in [0.1, 0.15) is 0 Å².